The maximum atomic E-state index is 10.7. The topological polar surface area (TPSA) is 41.9 Å². The molecule has 3 heterocycles. The molecule has 0 spiro atoms. The first-order chi connectivity index (χ1) is 8.44. The van der Waals surface area contributed by atoms with E-state index in [-0.39, 0.29) is 29.3 Å². The molecular weight excluding hydrogens is 230 g/mol. The number of morpholine rings is 1. The smallest absolute Gasteiger partial charge is 0.0841 e. The van der Waals surface area contributed by atoms with E-state index >= 15 is 0 Å². The van der Waals surface area contributed by atoms with E-state index in [2.05, 4.69) is 25.7 Å². The highest BCUT2D eigenvalue weighted by molar-refractivity contribution is 5.11. The summed E-state index contributed by atoms with van der Waals surface area (Å²) >= 11 is 0. The standard InChI is InChI=1S/C14H25NO3/c1-13(2)10-4-5-14(3,18-13)12(11(10)16)15-6-8-17-9-7-15/h10-12,16H,4-9H2,1-3H3. The van der Waals surface area contributed by atoms with Crippen molar-refractivity contribution in [2.24, 2.45) is 5.92 Å². The number of fused-ring (bicyclic) bond motifs is 3. The lowest BCUT2D eigenvalue weighted by Crippen LogP contribution is -2.73. The van der Waals surface area contributed by atoms with Crippen molar-refractivity contribution in [3.05, 3.63) is 0 Å². The van der Waals surface area contributed by atoms with Crippen LogP contribution in [0.2, 0.25) is 0 Å². The van der Waals surface area contributed by atoms with Gasteiger partial charge in [0.2, 0.25) is 0 Å². The lowest BCUT2D eigenvalue weighted by Gasteiger charge is -2.62. The zero-order valence-electron chi connectivity index (χ0n) is 11.7. The summed E-state index contributed by atoms with van der Waals surface area (Å²) in [5.74, 6) is 0.257. The predicted octanol–water partition coefficient (Wildman–Crippen LogP) is 1.03. The van der Waals surface area contributed by atoms with Crippen LogP contribution in [0.3, 0.4) is 0 Å². The number of rotatable bonds is 1. The molecule has 4 unspecified atom stereocenters. The van der Waals surface area contributed by atoms with Gasteiger partial charge in [0.05, 0.1) is 36.6 Å². The van der Waals surface area contributed by atoms with Crippen LogP contribution in [0.1, 0.15) is 33.6 Å². The molecule has 104 valence electrons. The Hall–Kier alpha value is -0.160. The zero-order valence-corrected chi connectivity index (χ0v) is 11.7. The summed E-state index contributed by atoms with van der Waals surface area (Å²) in [5.41, 5.74) is -0.412. The summed E-state index contributed by atoms with van der Waals surface area (Å²) in [7, 11) is 0. The Morgan fingerprint density at radius 2 is 1.83 bits per heavy atom. The first-order valence-corrected chi connectivity index (χ1v) is 7.14. The van der Waals surface area contributed by atoms with Gasteiger partial charge in [-0.25, -0.2) is 0 Å². The van der Waals surface area contributed by atoms with Gasteiger partial charge in [-0.05, 0) is 33.6 Å². The molecule has 1 N–H and O–H groups in total. The molecular formula is C14H25NO3. The molecule has 4 rings (SSSR count). The van der Waals surface area contributed by atoms with Crippen molar-refractivity contribution >= 4 is 0 Å². The van der Waals surface area contributed by atoms with Crippen LogP contribution in [-0.2, 0) is 9.47 Å². The Balaban J connectivity index is 1.87. The minimum absolute atomic E-state index is 0.133. The normalized spacial score (nSPS) is 48.3. The highest BCUT2D eigenvalue weighted by Crippen LogP contribution is 2.51. The van der Waals surface area contributed by atoms with Gasteiger partial charge in [0.1, 0.15) is 0 Å². The molecule has 4 atom stereocenters. The number of hydrogen-bond donors (Lipinski definition) is 1. The molecule has 0 amide bonds. The molecule has 0 aromatic heterocycles. The van der Waals surface area contributed by atoms with Crippen LogP contribution in [-0.4, -0.2) is 59.7 Å². The lowest BCUT2D eigenvalue weighted by molar-refractivity contribution is -0.298. The zero-order chi connectivity index (χ0) is 13.0. The van der Waals surface area contributed by atoms with Crippen LogP contribution >= 0.6 is 0 Å². The summed E-state index contributed by atoms with van der Waals surface area (Å²) in [6, 6.07) is 0.133. The van der Waals surface area contributed by atoms with Crippen LogP contribution in [0.25, 0.3) is 0 Å². The second-order valence-corrected chi connectivity index (χ2v) is 6.75. The number of ether oxygens (including phenoxy) is 2. The van der Waals surface area contributed by atoms with E-state index in [9.17, 15) is 5.11 Å². The van der Waals surface area contributed by atoms with Gasteiger partial charge < -0.3 is 14.6 Å². The third-order valence-corrected chi connectivity index (χ3v) is 5.14. The predicted molar refractivity (Wildman–Crippen MR) is 68.5 cm³/mol. The Bertz CT molecular complexity index is 327. The Morgan fingerprint density at radius 3 is 2.39 bits per heavy atom. The fourth-order valence-corrected chi connectivity index (χ4v) is 4.35. The molecule has 0 aromatic rings. The van der Waals surface area contributed by atoms with E-state index < -0.39 is 0 Å². The first kappa shape index (κ1) is 12.9. The van der Waals surface area contributed by atoms with Gasteiger partial charge in [-0.2, -0.15) is 0 Å². The Labute approximate surface area is 109 Å². The molecule has 4 fully saturated rings. The first-order valence-electron chi connectivity index (χ1n) is 7.14. The maximum absolute atomic E-state index is 10.7. The lowest BCUT2D eigenvalue weighted by atomic mass is 9.64. The van der Waals surface area contributed by atoms with Crippen LogP contribution < -0.4 is 0 Å². The second-order valence-electron chi connectivity index (χ2n) is 6.75. The minimum Gasteiger partial charge on any atom is -0.391 e. The van der Waals surface area contributed by atoms with Gasteiger partial charge in [-0.1, -0.05) is 0 Å². The second kappa shape index (κ2) is 4.17. The summed E-state index contributed by atoms with van der Waals surface area (Å²) in [6.45, 7) is 9.78. The Kier molecular flexibility index (Phi) is 2.98. The van der Waals surface area contributed by atoms with Gasteiger partial charge in [0, 0.05) is 19.0 Å². The molecule has 0 radical (unpaired) electrons. The summed E-state index contributed by atoms with van der Waals surface area (Å²) in [5, 5.41) is 10.7. The number of hydrogen-bond acceptors (Lipinski definition) is 4. The van der Waals surface area contributed by atoms with Gasteiger partial charge in [-0.3, -0.25) is 4.90 Å². The molecule has 4 nitrogen and oxygen atoms in total. The number of nitrogens with zero attached hydrogens (tertiary/aromatic N) is 1. The largest absolute Gasteiger partial charge is 0.391 e. The van der Waals surface area contributed by atoms with Gasteiger partial charge in [0.15, 0.2) is 0 Å². The average molecular weight is 255 g/mol. The molecule has 3 aliphatic heterocycles. The molecule has 3 saturated heterocycles. The van der Waals surface area contributed by atoms with Crippen molar-refractivity contribution in [3.63, 3.8) is 0 Å². The summed E-state index contributed by atoms with van der Waals surface area (Å²) in [4.78, 5) is 2.37. The van der Waals surface area contributed by atoms with Crippen molar-refractivity contribution in [3.8, 4) is 0 Å². The molecule has 1 saturated carbocycles. The van der Waals surface area contributed by atoms with Gasteiger partial charge in [-0.15, -0.1) is 0 Å². The van der Waals surface area contributed by atoms with Gasteiger partial charge >= 0.3 is 0 Å². The maximum Gasteiger partial charge on any atom is 0.0841 e. The van der Waals surface area contributed by atoms with E-state index in [0.717, 1.165) is 39.1 Å². The molecule has 2 bridgehead atoms. The molecule has 0 aromatic carbocycles. The van der Waals surface area contributed by atoms with E-state index in [1.165, 1.54) is 0 Å². The molecule has 1 aliphatic carbocycles. The number of aliphatic hydroxyl groups excluding tert-OH is 1. The van der Waals surface area contributed by atoms with E-state index in [1.807, 2.05) is 0 Å². The SMILES string of the molecule is CC1(C)OC2(C)CCC1C(O)C2N1CCOCC1. The van der Waals surface area contributed by atoms with Gasteiger partial charge in [0.25, 0.3) is 0 Å². The average Bonchev–Trinajstić information content (AvgIpc) is 2.27. The minimum atomic E-state index is -0.273. The van der Waals surface area contributed by atoms with Crippen LogP contribution in [0, 0.1) is 5.92 Å². The third-order valence-electron chi connectivity index (χ3n) is 5.14. The molecule has 4 heteroatoms. The fraction of sp³-hybridized carbons (Fsp3) is 1.00. The highest BCUT2D eigenvalue weighted by Gasteiger charge is 2.60. The van der Waals surface area contributed by atoms with Crippen LogP contribution in [0.15, 0.2) is 0 Å². The van der Waals surface area contributed by atoms with Crippen LogP contribution in [0.4, 0.5) is 0 Å². The summed E-state index contributed by atoms with van der Waals surface area (Å²) < 4.78 is 11.8. The monoisotopic (exact) mass is 255 g/mol. The van der Waals surface area contributed by atoms with E-state index in [1.54, 1.807) is 0 Å². The van der Waals surface area contributed by atoms with Crippen molar-refractivity contribution in [2.75, 3.05) is 26.3 Å². The molecule has 4 aliphatic rings. The van der Waals surface area contributed by atoms with E-state index in [4.69, 9.17) is 9.47 Å². The van der Waals surface area contributed by atoms with Crippen molar-refractivity contribution in [2.45, 2.75) is 57.0 Å². The van der Waals surface area contributed by atoms with Crippen LogP contribution in [0.5, 0.6) is 0 Å². The highest BCUT2D eigenvalue weighted by atomic mass is 16.5. The van der Waals surface area contributed by atoms with Crippen molar-refractivity contribution in [1.82, 2.24) is 4.90 Å². The number of aliphatic hydroxyl groups is 1. The fourth-order valence-electron chi connectivity index (χ4n) is 4.35. The summed E-state index contributed by atoms with van der Waals surface area (Å²) in [6.07, 6.45) is 1.86. The Morgan fingerprint density at radius 1 is 1.17 bits per heavy atom. The van der Waals surface area contributed by atoms with Crippen molar-refractivity contribution < 1.29 is 14.6 Å². The van der Waals surface area contributed by atoms with Crippen molar-refractivity contribution in [1.29, 1.82) is 0 Å². The molecule has 18 heavy (non-hydrogen) atoms. The quantitative estimate of drug-likeness (QED) is 0.760. The van der Waals surface area contributed by atoms with E-state index in [0.29, 0.717) is 0 Å². The third kappa shape index (κ3) is 1.82.